The van der Waals surface area contributed by atoms with Gasteiger partial charge in [-0.3, -0.25) is 10.1 Å². The molecule has 2 atom stereocenters. The minimum absolute atomic E-state index is 0.0483. The van der Waals surface area contributed by atoms with Crippen LogP contribution in [0.3, 0.4) is 0 Å². The Kier molecular flexibility index (Phi) is 6.46. The zero-order valence-corrected chi connectivity index (χ0v) is 19.5. The number of carbonyl (C=O) groups excluding carboxylic acids is 2. The average Bonchev–Trinajstić information content (AvgIpc) is 3.31. The number of nitrogens with zero attached hydrogens (tertiary/aromatic N) is 1. The highest BCUT2D eigenvalue weighted by Crippen LogP contribution is 2.36. The van der Waals surface area contributed by atoms with Crippen LogP contribution in [0, 0.1) is 0 Å². The molecule has 2 N–H and O–H groups in total. The first-order valence-corrected chi connectivity index (χ1v) is 11.7. The topological polar surface area (TPSA) is 74.4 Å². The molecule has 0 radical (unpaired) electrons. The number of hydrogen-bond acceptors (Lipinski definition) is 4. The van der Waals surface area contributed by atoms with Crippen molar-refractivity contribution in [2.24, 2.45) is 0 Å². The van der Waals surface area contributed by atoms with Crippen LogP contribution in [-0.4, -0.2) is 30.0 Å². The van der Waals surface area contributed by atoms with Gasteiger partial charge >= 0.3 is 5.97 Å². The first kappa shape index (κ1) is 22.6. The second kappa shape index (κ2) is 9.99. The van der Waals surface area contributed by atoms with Gasteiger partial charge in [-0.2, -0.15) is 0 Å². The molecule has 3 aromatic carbocycles. The Morgan fingerprint density at radius 2 is 1.49 bits per heavy atom. The van der Waals surface area contributed by atoms with E-state index in [1.54, 1.807) is 11.0 Å². The van der Waals surface area contributed by atoms with Crippen molar-refractivity contribution < 1.29 is 14.3 Å². The summed E-state index contributed by atoms with van der Waals surface area (Å²) in [6.45, 7) is 0.389. The molecule has 0 spiro atoms. The molecule has 0 aliphatic carbocycles. The maximum absolute atomic E-state index is 14.1. The van der Waals surface area contributed by atoms with E-state index in [2.05, 4.69) is 10.3 Å². The zero-order chi connectivity index (χ0) is 24.2. The lowest BCUT2D eigenvalue weighted by Gasteiger charge is -2.25. The molecule has 4 aromatic rings. The maximum atomic E-state index is 14.1. The molecule has 1 aliphatic rings. The van der Waals surface area contributed by atoms with Crippen LogP contribution >= 0.6 is 0 Å². The van der Waals surface area contributed by atoms with Crippen molar-refractivity contribution in [1.29, 1.82) is 0 Å². The summed E-state index contributed by atoms with van der Waals surface area (Å²) in [6, 6.07) is 30.8. The van der Waals surface area contributed by atoms with Crippen LogP contribution in [0.15, 0.2) is 97.1 Å². The number of nitrogens with one attached hydrogen (secondary N) is 2. The number of aromatic nitrogens is 1. The van der Waals surface area contributed by atoms with Gasteiger partial charge < -0.3 is 14.6 Å². The van der Waals surface area contributed by atoms with Gasteiger partial charge in [-0.25, -0.2) is 4.79 Å². The summed E-state index contributed by atoms with van der Waals surface area (Å²) in [5, 5.41) is 3.60. The standard InChI is InChI=1S/C29H27N3O3/c1-35-29(34)24-18-25-27(31-24)26(22-15-9-4-10-16-22)30-23(17-20-11-5-2-6-12-20)28(33)32(25)19-21-13-7-3-8-14-21/h2-16,18,23,26,30-31H,17,19H2,1H3/t23-,26+/m0/s1. The normalized spacial score (nSPS) is 17.5. The Morgan fingerprint density at radius 1 is 0.886 bits per heavy atom. The molecule has 0 unspecified atom stereocenters. The number of esters is 1. The minimum Gasteiger partial charge on any atom is -0.464 e. The predicted octanol–water partition coefficient (Wildman–Crippen LogP) is 4.64. The van der Waals surface area contributed by atoms with Crippen molar-refractivity contribution in [3.8, 4) is 0 Å². The van der Waals surface area contributed by atoms with Gasteiger partial charge in [0, 0.05) is 0 Å². The molecular weight excluding hydrogens is 438 g/mol. The summed E-state index contributed by atoms with van der Waals surface area (Å²) in [6.07, 6.45) is 0.544. The second-order valence-corrected chi connectivity index (χ2v) is 8.64. The number of methoxy groups -OCH3 is 1. The van der Waals surface area contributed by atoms with Crippen LogP contribution in [0.5, 0.6) is 0 Å². The number of carbonyl (C=O) groups is 2. The Bertz CT molecular complexity index is 1300. The van der Waals surface area contributed by atoms with Crippen molar-refractivity contribution in [1.82, 2.24) is 10.3 Å². The molecule has 5 rings (SSSR count). The highest BCUT2D eigenvalue weighted by Gasteiger charge is 2.37. The fraction of sp³-hybridized carbons (Fsp3) is 0.172. The minimum atomic E-state index is -0.474. The van der Waals surface area contributed by atoms with E-state index in [0.717, 1.165) is 22.4 Å². The van der Waals surface area contributed by atoms with E-state index >= 15 is 0 Å². The molecule has 0 saturated heterocycles. The Balaban J connectivity index is 1.63. The van der Waals surface area contributed by atoms with E-state index in [4.69, 9.17) is 4.74 Å². The van der Waals surface area contributed by atoms with Gasteiger partial charge in [-0.15, -0.1) is 0 Å². The van der Waals surface area contributed by atoms with E-state index in [0.29, 0.717) is 24.3 Å². The molecular formula is C29H27N3O3. The largest absolute Gasteiger partial charge is 0.464 e. The number of amides is 1. The third-order valence-corrected chi connectivity index (χ3v) is 6.34. The smallest absolute Gasteiger partial charge is 0.354 e. The lowest BCUT2D eigenvalue weighted by Crippen LogP contribution is -2.46. The van der Waals surface area contributed by atoms with Crippen LogP contribution in [0.2, 0.25) is 0 Å². The molecule has 2 heterocycles. The molecule has 0 bridgehead atoms. The van der Waals surface area contributed by atoms with Crippen molar-refractivity contribution >= 4 is 17.6 Å². The van der Waals surface area contributed by atoms with Gasteiger partial charge in [0.25, 0.3) is 0 Å². The monoisotopic (exact) mass is 465 g/mol. The average molecular weight is 466 g/mol. The fourth-order valence-electron chi connectivity index (χ4n) is 4.62. The number of anilines is 1. The van der Waals surface area contributed by atoms with Crippen LogP contribution < -0.4 is 10.2 Å². The summed E-state index contributed by atoms with van der Waals surface area (Å²) in [7, 11) is 1.35. The molecule has 0 saturated carbocycles. The number of ether oxygens (including phenoxy) is 1. The zero-order valence-electron chi connectivity index (χ0n) is 19.5. The summed E-state index contributed by atoms with van der Waals surface area (Å²) >= 11 is 0. The Morgan fingerprint density at radius 3 is 2.11 bits per heavy atom. The Hall–Kier alpha value is -4.16. The van der Waals surface area contributed by atoms with Gasteiger partial charge in [-0.1, -0.05) is 91.0 Å². The summed E-state index contributed by atoms with van der Waals surface area (Å²) < 4.78 is 4.97. The second-order valence-electron chi connectivity index (χ2n) is 8.64. The summed E-state index contributed by atoms with van der Waals surface area (Å²) in [5.74, 6) is -0.523. The van der Waals surface area contributed by atoms with Crippen LogP contribution in [0.1, 0.15) is 38.9 Å². The molecule has 1 amide bonds. The van der Waals surface area contributed by atoms with Crippen molar-refractivity contribution in [3.63, 3.8) is 0 Å². The molecule has 1 aliphatic heterocycles. The SMILES string of the molecule is COC(=O)c1cc2c([nH]1)[C@@H](c1ccccc1)N[C@@H](Cc1ccccc1)C(=O)N2Cc1ccccc1. The van der Waals surface area contributed by atoms with Crippen LogP contribution in [0.4, 0.5) is 5.69 Å². The van der Waals surface area contributed by atoms with Crippen molar-refractivity contribution in [2.45, 2.75) is 25.0 Å². The van der Waals surface area contributed by atoms with Gasteiger partial charge in [0.15, 0.2) is 0 Å². The van der Waals surface area contributed by atoms with Crippen LogP contribution in [0.25, 0.3) is 0 Å². The van der Waals surface area contributed by atoms with E-state index in [1.807, 2.05) is 91.0 Å². The molecule has 1 aromatic heterocycles. The molecule has 6 heteroatoms. The molecule has 35 heavy (non-hydrogen) atoms. The van der Waals surface area contributed by atoms with Gasteiger partial charge in [-0.05, 0) is 29.2 Å². The van der Waals surface area contributed by atoms with Gasteiger partial charge in [0.05, 0.1) is 37.1 Å². The highest BCUT2D eigenvalue weighted by molar-refractivity contribution is 6.00. The predicted molar refractivity (Wildman–Crippen MR) is 135 cm³/mol. The molecule has 176 valence electrons. The van der Waals surface area contributed by atoms with E-state index in [1.165, 1.54) is 7.11 Å². The first-order valence-electron chi connectivity index (χ1n) is 11.7. The van der Waals surface area contributed by atoms with Crippen molar-refractivity contribution in [3.05, 3.63) is 125 Å². The summed E-state index contributed by atoms with van der Waals surface area (Å²) in [5.41, 5.74) is 4.83. The van der Waals surface area contributed by atoms with E-state index in [9.17, 15) is 9.59 Å². The lowest BCUT2D eigenvalue weighted by molar-refractivity contribution is -0.120. The van der Waals surface area contributed by atoms with E-state index in [-0.39, 0.29) is 11.9 Å². The molecule has 0 fully saturated rings. The van der Waals surface area contributed by atoms with Crippen LogP contribution in [-0.2, 0) is 22.5 Å². The Labute approximate surface area is 204 Å². The number of fused-ring (bicyclic) bond motifs is 1. The van der Waals surface area contributed by atoms with Gasteiger partial charge in [0.2, 0.25) is 5.91 Å². The number of benzene rings is 3. The number of hydrogen-bond donors (Lipinski definition) is 2. The maximum Gasteiger partial charge on any atom is 0.354 e. The third kappa shape index (κ3) is 4.74. The highest BCUT2D eigenvalue weighted by atomic mass is 16.5. The fourth-order valence-corrected chi connectivity index (χ4v) is 4.62. The third-order valence-electron chi connectivity index (χ3n) is 6.34. The lowest BCUT2D eigenvalue weighted by atomic mass is 10.0. The number of aromatic amines is 1. The first-order chi connectivity index (χ1) is 17.1. The quantitative estimate of drug-likeness (QED) is 0.407. The number of H-pyrrole nitrogens is 1. The molecule has 6 nitrogen and oxygen atoms in total. The number of rotatable bonds is 6. The summed E-state index contributed by atoms with van der Waals surface area (Å²) in [4.78, 5) is 31.5. The van der Waals surface area contributed by atoms with E-state index < -0.39 is 12.0 Å². The van der Waals surface area contributed by atoms with Gasteiger partial charge in [0.1, 0.15) is 5.69 Å². The van der Waals surface area contributed by atoms with Crippen molar-refractivity contribution in [2.75, 3.05) is 12.0 Å².